The molecular weight excluding hydrogens is 1480 g/mol. The molecule has 14 heteroatoms. The molecule has 2 aromatic heterocycles. The molecule has 2 heterocycles. The molecule has 0 amide bonds. The van der Waals surface area contributed by atoms with Crippen molar-refractivity contribution in [2.75, 3.05) is 0 Å². The molecule has 0 radical (unpaired) electrons. The zero-order chi connectivity index (χ0) is 60.5. The van der Waals surface area contributed by atoms with Crippen molar-refractivity contribution in [3.05, 3.63) is 175 Å². The van der Waals surface area contributed by atoms with E-state index in [4.69, 9.17) is 0 Å². The molecule has 0 aliphatic heterocycles. The van der Waals surface area contributed by atoms with Crippen molar-refractivity contribution in [1.82, 2.24) is 19.8 Å². The van der Waals surface area contributed by atoms with E-state index in [1.807, 2.05) is 36.4 Å². The van der Waals surface area contributed by atoms with Gasteiger partial charge in [0.25, 0.3) is 0 Å². The predicted molar refractivity (Wildman–Crippen MR) is 357 cm³/mol. The van der Waals surface area contributed by atoms with Crippen LogP contribution in [0.3, 0.4) is 0 Å². The summed E-state index contributed by atoms with van der Waals surface area (Å²) in [4.78, 5) is 13.6. The Hall–Kier alpha value is -2.92. The smallest absolute Gasteiger partial charge is 0.0544 e. The summed E-state index contributed by atoms with van der Waals surface area (Å²) in [7, 11) is 0. The van der Waals surface area contributed by atoms with Gasteiger partial charge in [-0.15, -0.1) is 23.0 Å². The summed E-state index contributed by atoms with van der Waals surface area (Å²) in [6.45, 7) is 54.2. The average Bonchev–Trinajstić information content (AvgIpc) is 3.29. The Labute approximate surface area is 578 Å². The first-order chi connectivity index (χ1) is 36.3. The zero-order valence-electron chi connectivity index (χ0n) is 56.4. The SMILES string of the molecule is CC(C)(C)c1cc(CN(Cc2ccccn2)Cc2cc(C(C)(C)C)cc(C(C)(C)C)c2[O-])c([O-])c(C(C)(C)C)c1.CC(C)(C)c1cc(CN(Cc2ccccn2)Cc2cc(C(C)(C)C)cc(C(C)(C)C)c2[O-])c([O-])c(C(C)(C)C)c1.[S-2].[S-2].[S-2].[S-2].[W].[W]. The Balaban J connectivity index is 0. The fourth-order valence-electron chi connectivity index (χ4n) is 9.93. The molecule has 0 unspecified atom stereocenters. The molecule has 4 aromatic carbocycles. The summed E-state index contributed by atoms with van der Waals surface area (Å²) in [5.41, 5.74) is 11.4. The van der Waals surface area contributed by atoms with E-state index in [1.165, 1.54) is 0 Å². The topological polar surface area (TPSA) is 124 Å². The second kappa shape index (κ2) is 32.4. The van der Waals surface area contributed by atoms with E-state index in [2.05, 4.69) is 234 Å². The van der Waals surface area contributed by atoms with Crippen LogP contribution >= 0.6 is 0 Å². The Bertz CT molecular complexity index is 2710. The molecule has 480 valence electrons. The van der Waals surface area contributed by atoms with Crippen LogP contribution in [0.4, 0.5) is 0 Å². The Morgan fingerprint density at radius 2 is 0.488 bits per heavy atom. The van der Waals surface area contributed by atoms with Crippen molar-refractivity contribution in [2.24, 2.45) is 0 Å². The summed E-state index contributed by atoms with van der Waals surface area (Å²) in [5.74, 6) is 0.362. The van der Waals surface area contributed by atoms with Crippen LogP contribution in [0.2, 0.25) is 0 Å². The van der Waals surface area contributed by atoms with Gasteiger partial charge >= 0.3 is 0 Å². The van der Waals surface area contributed by atoms with Crippen molar-refractivity contribution in [3.63, 3.8) is 0 Å². The van der Waals surface area contributed by atoms with E-state index in [0.29, 0.717) is 39.3 Å². The fraction of sp³-hybridized carbons (Fsp3) is 0.528. The van der Waals surface area contributed by atoms with Crippen molar-refractivity contribution < 1.29 is 62.6 Å². The molecule has 0 aliphatic rings. The molecule has 0 fully saturated rings. The molecule has 0 aliphatic carbocycles. The van der Waals surface area contributed by atoms with E-state index in [0.717, 1.165) is 78.1 Å². The van der Waals surface area contributed by atoms with E-state index in [-0.39, 0.29) is 162 Å². The van der Waals surface area contributed by atoms with Crippen LogP contribution < -0.4 is 20.4 Å². The van der Waals surface area contributed by atoms with E-state index in [9.17, 15) is 20.4 Å². The zero-order valence-corrected chi connectivity index (χ0v) is 65.5. The van der Waals surface area contributed by atoms with Gasteiger partial charge in [-0.05, 0) is 134 Å². The standard InChI is InChI=1S/2C36H52N2O2.4S.2W/c2*1-33(2,3)26-17-24(31(39)29(19-26)35(7,8)9)21-38(23-28-15-13-14-16-37-28)22-25-18-27(34(4,5)6)20-30(32(25)40)36(10,11)12;;;;;;/h2*13-20,39-40H,21-23H2,1-12H3;;;;;;/q;;4*-2;;/p-4. The van der Waals surface area contributed by atoms with Gasteiger partial charge in [-0.1, -0.05) is 227 Å². The Morgan fingerprint density at radius 3 is 0.640 bits per heavy atom. The molecule has 6 rings (SSSR count). The normalized spacial score (nSPS) is 12.3. The maximum atomic E-state index is 13.9. The molecule has 0 saturated carbocycles. The second-order valence-electron chi connectivity index (χ2n) is 31.0. The van der Waals surface area contributed by atoms with Crippen molar-refractivity contribution in [3.8, 4) is 23.0 Å². The fourth-order valence-corrected chi connectivity index (χ4v) is 9.93. The van der Waals surface area contributed by atoms with Gasteiger partial charge in [-0.3, -0.25) is 19.8 Å². The van der Waals surface area contributed by atoms with E-state index < -0.39 is 0 Å². The maximum Gasteiger partial charge on any atom is 0.0544 e. The first-order valence-electron chi connectivity index (χ1n) is 29.0. The summed E-state index contributed by atoms with van der Waals surface area (Å²) >= 11 is 0. The molecule has 86 heavy (non-hydrogen) atoms. The second-order valence-corrected chi connectivity index (χ2v) is 31.0. The molecule has 0 saturated heterocycles. The monoisotopic (exact) mass is 1580 g/mol. The third-order valence-electron chi connectivity index (χ3n) is 15.2. The third kappa shape index (κ3) is 23.4. The summed E-state index contributed by atoms with van der Waals surface area (Å²) in [6, 6.07) is 28.4. The van der Waals surface area contributed by atoms with Gasteiger partial charge in [0.15, 0.2) is 0 Å². The number of nitrogens with zero attached hydrogens (tertiary/aromatic N) is 4. The molecule has 8 nitrogen and oxygen atoms in total. The van der Waals surface area contributed by atoms with Gasteiger partial charge < -0.3 is 74.4 Å². The number of benzene rings is 4. The van der Waals surface area contributed by atoms with Gasteiger partial charge in [0.1, 0.15) is 0 Å². The van der Waals surface area contributed by atoms with Gasteiger partial charge in [-0.2, -0.15) is 0 Å². The molecule has 0 bridgehead atoms. The predicted octanol–water partition coefficient (Wildman–Crippen LogP) is 15.2. The van der Waals surface area contributed by atoms with Crippen LogP contribution in [0.15, 0.2) is 97.3 Å². The summed E-state index contributed by atoms with van der Waals surface area (Å²) in [5, 5.41) is 55.5. The first-order valence-corrected chi connectivity index (χ1v) is 29.0. The van der Waals surface area contributed by atoms with Gasteiger partial charge in [-0.25, -0.2) is 0 Å². The van der Waals surface area contributed by atoms with Crippen molar-refractivity contribution in [2.45, 2.75) is 249 Å². The third-order valence-corrected chi connectivity index (χ3v) is 15.2. The van der Waals surface area contributed by atoms with Gasteiger partial charge in [0, 0.05) is 93.8 Å². The average molecular weight is 1580 g/mol. The van der Waals surface area contributed by atoms with Crippen LogP contribution in [0.5, 0.6) is 23.0 Å². The largest absolute Gasteiger partial charge is 2.00 e. The van der Waals surface area contributed by atoms with Crippen molar-refractivity contribution >= 4 is 54.0 Å². The molecule has 0 atom stereocenters. The minimum Gasteiger partial charge on any atom is -2.00 e. The first kappa shape index (κ1) is 85.1. The van der Waals surface area contributed by atoms with Crippen LogP contribution in [-0.4, -0.2) is 19.8 Å². The maximum absolute atomic E-state index is 13.9. The van der Waals surface area contributed by atoms with Crippen LogP contribution in [-0.2, 0) is 179 Å². The summed E-state index contributed by atoms with van der Waals surface area (Å²) in [6.07, 6.45) is 3.59. The number of pyridine rings is 2. The Kier molecular flexibility index (Phi) is 32.1. The van der Waals surface area contributed by atoms with Crippen LogP contribution in [0, 0.1) is 0 Å². The van der Waals surface area contributed by atoms with Gasteiger partial charge in [0.05, 0.1) is 11.4 Å². The van der Waals surface area contributed by atoms with Crippen LogP contribution in [0.25, 0.3) is 0 Å². The minimum atomic E-state index is -0.274. The molecule has 0 spiro atoms. The van der Waals surface area contributed by atoms with Crippen LogP contribution in [0.1, 0.15) is 244 Å². The van der Waals surface area contributed by atoms with Crippen molar-refractivity contribution in [1.29, 1.82) is 0 Å². The quantitative estimate of drug-likeness (QED) is 0.119. The molecule has 6 aromatic rings. The number of hydrogen-bond donors (Lipinski definition) is 0. The molecule has 0 N–H and O–H groups in total. The van der Waals surface area contributed by atoms with E-state index >= 15 is 0 Å². The number of aromatic nitrogens is 2. The number of hydrogen-bond acceptors (Lipinski definition) is 8. The van der Waals surface area contributed by atoms with Gasteiger partial charge in [0.2, 0.25) is 0 Å². The van der Waals surface area contributed by atoms with E-state index in [1.54, 1.807) is 12.4 Å². The number of rotatable bonds is 12. The summed E-state index contributed by atoms with van der Waals surface area (Å²) < 4.78 is 0. The Morgan fingerprint density at radius 1 is 0.291 bits per heavy atom. The molecular formula is C72H100N4O4S4W2-12. The minimum absolute atomic E-state index is 0.